The summed E-state index contributed by atoms with van der Waals surface area (Å²) in [6.07, 6.45) is 7.56. The van der Waals surface area contributed by atoms with Crippen LogP contribution in [0.5, 0.6) is 0 Å². The number of hydrogen-bond acceptors (Lipinski definition) is 5. The number of hydrogen-bond donors (Lipinski definition) is 1. The molecule has 0 saturated heterocycles. The number of ether oxygens (including phenoxy) is 1. The van der Waals surface area contributed by atoms with Crippen molar-refractivity contribution in [3.05, 3.63) is 29.8 Å². The molecule has 1 aromatic rings. The van der Waals surface area contributed by atoms with E-state index in [9.17, 15) is 18.0 Å². The maximum Gasteiger partial charge on any atom is 0.312 e. The summed E-state index contributed by atoms with van der Waals surface area (Å²) in [5, 5.41) is 0. The molecule has 4 saturated carbocycles. The standard InChI is InChI=1S/C20H25NO5S/c1-27(24,25)21-17-4-2-16(3-5-17)18(22)12-26-19(23)20-9-13-6-14(10-20)8-15(7-13)11-20/h2-5,13-15,21H,6-12H2,1H3. The molecule has 7 heteroatoms. The van der Waals surface area contributed by atoms with Gasteiger partial charge in [0.25, 0.3) is 0 Å². The highest BCUT2D eigenvalue weighted by molar-refractivity contribution is 7.92. The summed E-state index contributed by atoms with van der Waals surface area (Å²) >= 11 is 0. The quantitative estimate of drug-likeness (QED) is 0.595. The number of Topliss-reactive ketones (excluding diaryl/α,β-unsaturated/α-hetero) is 1. The van der Waals surface area contributed by atoms with Crippen LogP contribution in [0.1, 0.15) is 48.9 Å². The van der Waals surface area contributed by atoms with Crippen molar-refractivity contribution in [2.24, 2.45) is 23.2 Å². The molecule has 5 rings (SSSR count). The van der Waals surface area contributed by atoms with Gasteiger partial charge in [-0.15, -0.1) is 0 Å². The number of esters is 1. The summed E-state index contributed by atoms with van der Waals surface area (Å²) in [4.78, 5) is 25.1. The number of sulfonamides is 1. The first kappa shape index (κ1) is 18.5. The van der Waals surface area contributed by atoms with Crippen molar-refractivity contribution in [2.75, 3.05) is 17.6 Å². The Morgan fingerprint density at radius 1 is 1.04 bits per heavy atom. The summed E-state index contributed by atoms with van der Waals surface area (Å²) in [6, 6.07) is 6.12. The highest BCUT2D eigenvalue weighted by atomic mass is 32.2. The molecule has 0 amide bonds. The maximum absolute atomic E-state index is 12.8. The minimum Gasteiger partial charge on any atom is -0.457 e. The Morgan fingerprint density at radius 3 is 2.04 bits per heavy atom. The molecule has 6 nitrogen and oxygen atoms in total. The van der Waals surface area contributed by atoms with Gasteiger partial charge in [0, 0.05) is 11.3 Å². The van der Waals surface area contributed by atoms with Gasteiger partial charge < -0.3 is 4.74 Å². The second-order valence-electron chi connectivity index (χ2n) is 8.65. The van der Waals surface area contributed by atoms with E-state index in [0.717, 1.165) is 25.5 Å². The van der Waals surface area contributed by atoms with Crippen molar-refractivity contribution >= 4 is 27.5 Å². The lowest BCUT2D eigenvalue weighted by Gasteiger charge is -2.55. The highest BCUT2D eigenvalue weighted by Gasteiger charge is 2.55. The minimum absolute atomic E-state index is 0.203. The van der Waals surface area contributed by atoms with Gasteiger partial charge in [-0.25, -0.2) is 8.42 Å². The Hall–Kier alpha value is -1.89. The summed E-state index contributed by atoms with van der Waals surface area (Å²) in [7, 11) is -3.36. The van der Waals surface area contributed by atoms with Crippen LogP contribution in [0.2, 0.25) is 0 Å². The van der Waals surface area contributed by atoms with Crippen LogP contribution >= 0.6 is 0 Å². The van der Waals surface area contributed by atoms with E-state index >= 15 is 0 Å². The molecule has 0 heterocycles. The van der Waals surface area contributed by atoms with Crippen LogP contribution in [0.4, 0.5) is 5.69 Å². The lowest BCUT2D eigenvalue weighted by Crippen LogP contribution is -2.50. The van der Waals surface area contributed by atoms with Crippen molar-refractivity contribution in [3.8, 4) is 0 Å². The minimum atomic E-state index is -3.36. The zero-order valence-corrected chi connectivity index (χ0v) is 16.3. The van der Waals surface area contributed by atoms with Crippen molar-refractivity contribution in [2.45, 2.75) is 38.5 Å². The average Bonchev–Trinajstić information content (AvgIpc) is 2.57. The highest BCUT2D eigenvalue weighted by Crippen LogP contribution is 2.60. The maximum atomic E-state index is 12.8. The summed E-state index contributed by atoms with van der Waals surface area (Å²) in [5.74, 6) is 1.46. The van der Waals surface area contributed by atoms with Crippen LogP contribution in [-0.2, 0) is 19.6 Å². The van der Waals surface area contributed by atoms with Gasteiger partial charge in [-0.2, -0.15) is 0 Å². The van der Waals surface area contributed by atoms with E-state index < -0.39 is 10.0 Å². The van der Waals surface area contributed by atoms with E-state index in [1.807, 2.05) is 0 Å². The van der Waals surface area contributed by atoms with Gasteiger partial charge in [0.1, 0.15) is 0 Å². The van der Waals surface area contributed by atoms with Crippen LogP contribution in [-0.4, -0.2) is 33.0 Å². The number of ketones is 1. The van der Waals surface area contributed by atoms with Crippen LogP contribution in [0.15, 0.2) is 24.3 Å². The van der Waals surface area contributed by atoms with Crippen molar-refractivity contribution in [3.63, 3.8) is 0 Å². The Morgan fingerprint density at radius 2 is 1.56 bits per heavy atom. The van der Waals surface area contributed by atoms with Crippen LogP contribution in [0, 0.1) is 23.2 Å². The van der Waals surface area contributed by atoms with Gasteiger partial charge in [-0.05, 0) is 80.5 Å². The van der Waals surface area contributed by atoms with Gasteiger partial charge in [0.2, 0.25) is 10.0 Å². The molecule has 27 heavy (non-hydrogen) atoms. The summed E-state index contributed by atoms with van der Waals surface area (Å²) in [6.45, 7) is -0.264. The fourth-order valence-electron chi connectivity index (χ4n) is 5.67. The molecule has 0 atom stereocenters. The second kappa shape index (κ2) is 6.62. The monoisotopic (exact) mass is 391 g/mol. The largest absolute Gasteiger partial charge is 0.457 e. The van der Waals surface area contributed by atoms with Crippen molar-refractivity contribution in [1.82, 2.24) is 0 Å². The van der Waals surface area contributed by atoms with Gasteiger partial charge in [0.05, 0.1) is 11.7 Å². The third-order valence-electron chi connectivity index (χ3n) is 6.32. The third-order valence-corrected chi connectivity index (χ3v) is 6.92. The van der Waals surface area contributed by atoms with Gasteiger partial charge >= 0.3 is 5.97 Å². The molecule has 146 valence electrons. The number of nitrogens with one attached hydrogen (secondary N) is 1. The number of benzene rings is 1. The predicted octanol–water partition coefficient (Wildman–Crippen LogP) is 3.00. The SMILES string of the molecule is CS(=O)(=O)Nc1ccc(C(=O)COC(=O)C23CC4CC(CC(C4)C2)C3)cc1. The number of carbonyl (C=O) groups is 2. The average molecular weight is 391 g/mol. The first-order valence-electron chi connectivity index (χ1n) is 9.51. The summed E-state index contributed by atoms with van der Waals surface area (Å²) in [5.41, 5.74) is 0.421. The Kier molecular flexibility index (Phi) is 4.53. The number of carbonyl (C=O) groups excluding carboxylic acids is 2. The van der Waals surface area contributed by atoms with Crippen molar-refractivity contribution in [1.29, 1.82) is 0 Å². The van der Waals surface area contributed by atoms with Gasteiger partial charge in [-0.1, -0.05) is 0 Å². The van der Waals surface area contributed by atoms with Crippen LogP contribution in [0.3, 0.4) is 0 Å². The van der Waals surface area contributed by atoms with E-state index in [2.05, 4.69) is 4.72 Å². The zero-order chi connectivity index (χ0) is 19.2. The lowest BCUT2D eigenvalue weighted by atomic mass is 9.49. The molecule has 4 bridgehead atoms. The van der Waals surface area contributed by atoms with Crippen LogP contribution in [0.25, 0.3) is 0 Å². The smallest absolute Gasteiger partial charge is 0.312 e. The molecule has 1 aromatic carbocycles. The molecule has 0 unspecified atom stereocenters. The Bertz CT molecular complexity index is 824. The van der Waals surface area contributed by atoms with E-state index in [0.29, 0.717) is 29.0 Å². The second-order valence-corrected chi connectivity index (χ2v) is 10.4. The Labute approximate surface area is 159 Å². The van der Waals surface area contributed by atoms with Gasteiger partial charge in [-0.3, -0.25) is 14.3 Å². The van der Waals surface area contributed by atoms with E-state index in [-0.39, 0.29) is 23.8 Å². The predicted molar refractivity (Wildman–Crippen MR) is 101 cm³/mol. The molecule has 0 aliphatic heterocycles. The van der Waals surface area contributed by atoms with Gasteiger partial charge in [0.15, 0.2) is 12.4 Å². The normalized spacial score (nSPS) is 31.5. The van der Waals surface area contributed by atoms with Crippen LogP contribution < -0.4 is 4.72 Å². The molecule has 4 fully saturated rings. The molecular formula is C20H25NO5S. The number of anilines is 1. The first-order valence-corrected chi connectivity index (χ1v) is 11.4. The number of rotatable bonds is 6. The zero-order valence-electron chi connectivity index (χ0n) is 15.4. The summed E-state index contributed by atoms with van der Waals surface area (Å²) < 4.78 is 30.2. The topological polar surface area (TPSA) is 89.5 Å². The molecule has 0 aromatic heterocycles. The Balaban J connectivity index is 1.36. The molecule has 0 spiro atoms. The fourth-order valence-corrected chi connectivity index (χ4v) is 6.23. The molecule has 4 aliphatic carbocycles. The molecule has 4 aliphatic rings. The first-order chi connectivity index (χ1) is 12.7. The third kappa shape index (κ3) is 3.88. The molecule has 0 radical (unpaired) electrons. The van der Waals surface area contributed by atoms with E-state index in [1.54, 1.807) is 0 Å². The molecule has 1 N–H and O–H groups in total. The van der Waals surface area contributed by atoms with E-state index in [4.69, 9.17) is 4.74 Å². The fraction of sp³-hybridized carbons (Fsp3) is 0.600. The van der Waals surface area contributed by atoms with Crippen molar-refractivity contribution < 1.29 is 22.7 Å². The lowest BCUT2D eigenvalue weighted by molar-refractivity contribution is -0.170. The molecular weight excluding hydrogens is 366 g/mol. The van der Waals surface area contributed by atoms with E-state index in [1.165, 1.54) is 43.5 Å².